The van der Waals surface area contributed by atoms with Gasteiger partial charge in [-0.3, -0.25) is 0 Å². The maximum Gasteiger partial charge on any atom is 0.143 e. The van der Waals surface area contributed by atoms with E-state index < -0.39 is 0 Å². The Balaban J connectivity index is 1.10. The second kappa shape index (κ2) is 11.3. The monoisotopic (exact) mass is 707 g/mol. The number of fused-ring (bicyclic) bond motifs is 13. The van der Waals surface area contributed by atoms with Crippen LogP contribution in [0, 0.1) is 0 Å². The molecule has 12 aromatic rings. The van der Waals surface area contributed by atoms with E-state index in [9.17, 15) is 0 Å². The summed E-state index contributed by atoms with van der Waals surface area (Å²) >= 11 is 1.84. The summed E-state index contributed by atoms with van der Waals surface area (Å²) in [5.74, 6) is 0. The number of nitrogens with zero attached hydrogens (tertiary/aromatic N) is 1. The van der Waals surface area contributed by atoms with Gasteiger partial charge in [0, 0.05) is 58.4 Å². The van der Waals surface area contributed by atoms with Gasteiger partial charge in [0.15, 0.2) is 0 Å². The average molecular weight is 708 g/mol. The van der Waals surface area contributed by atoms with E-state index in [0.717, 1.165) is 82.8 Å². The smallest absolute Gasteiger partial charge is 0.143 e. The molecular formula is C50H29NO2S. The molecule has 0 aliphatic carbocycles. The van der Waals surface area contributed by atoms with Crippen LogP contribution in [0.15, 0.2) is 185 Å². The Morgan fingerprint density at radius 1 is 0.370 bits per heavy atom. The highest BCUT2D eigenvalue weighted by Gasteiger charge is 2.23. The summed E-state index contributed by atoms with van der Waals surface area (Å²) in [4.78, 5) is 2.42. The first kappa shape index (κ1) is 29.7. The zero-order chi connectivity index (χ0) is 35.3. The normalized spacial score (nSPS) is 12.1. The minimum atomic E-state index is 0.868. The molecule has 252 valence electrons. The summed E-state index contributed by atoms with van der Waals surface area (Å²) in [6, 6.07) is 63.0. The number of benzene rings is 9. The summed E-state index contributed by atoms with van der Waals surface area (Å²) < 4.78 is 16.0. The topological polar surface area (TPSA) is 29.5 Å². The molecule has 0 N–H and O–H groups in total. The first-order chi connectivity index (χ1) is 26.8. The Labute approximate surface area is 313 Å². The molecule has 12 rings (SSSR count). The highest BCUT2D eigenvalue weighted by atomic mass is 32.1. The van der Waals surface area contributed by atoms with Crippen molar-refractivity contribution in [1.82, 2.24) is 0 Å². The summed E-state index contributed by atoms with van der Waals surface area (Å²) in [5, 5.41) is 11.6. The number of hydrogen-bond donors (Lipinski definition) is 0. The van der Waals surface area contributed by atoms with Gasteiger partial charge in [0.1, 0.15) is 22.3 Å². The maximum atomic E-state index is 6.74. The Bertz CT molecular complexity index is 3460. The van der Waals surface area contributed by atoms with Crippen LogP contribution >= 0.6 is 11.3 Å². The molecule has 0 fully saturated rings. The molecule has 0 saturated heterocycles. The molecule has 0 amide bonds. The molecule has 3 aromatic heterocycles. The van der Waals surface area contributed by atoms with Crippen molar-refractivity contribution in [3.8, 4) is 11.1 Å². The maximum absolute atomic E-state index is 6.74. The number of rotatable bonds is 4. The van der Waals surface area contributed by atoms with Crippen LogP contribution in [0.1, 0.15) is 0 Å². The summed E-state index contributed by atoms with van der Waals surface area (Å²) in [5.41, 5.74) is 9.06. The van der Waals surface area contributed by atoms with Crippen LogP contribution in [-0.4, -0.2) is 0 Å². The average Bonchev–Trinajstić information content (AvgIpc) is 3.93. The van der Waals surface area contributed by atoms with Gasteiger partial charge in [-0.25, -0.2) is 0 Å². The minimum absolute atomic E-state index is 0.868. The van der Waals surface area contributed by atoms with Gasteiger partial charge in [0.25, 0.3) is 0 Å². The molecule has 3 nitrogen and oxygen atoms in total. The van der Waals surface area contributed by atoms with E-state index in [1.165, 1.54) is 30.9 Å². The number of thiophene rings is 1. The van der Waals surface area contributed by atoms with Gasteiger partial charge in [-0.2, -0.15) is 0 Å². The highest BCUT2D eigenvalue weighted by molar-refractivity contribution is 7.26. The number of anilines is 3. The predicted molar refractivity (Wildman–Crippen MR) is 229 cm³/mol. The fraction of sp³-hybridized carbons (Fsp3) is 0. The molecule has 0 spiro atoms. The van der Waals surface area contributed by atoms with Crippen molar-refractivity contribution < 1.29 is 8.83 Å². The predicted octanol–water partition coefficient (Wildman–Crippen LogP) is 15.3. The molecule has 0 aliphatic rings. The zero-order valence-electron chi connectivity index (χ0n) is 28.9. The molecule has 0 atom stereocenters. The number of furan rings is 2. The summed E-state index contributed by atoms with van der Waals surface area (Å²) in [6.07, 6.45) is 0. The molecular weight excluding hydrogens is 679 g/mol. The van der Waals surface area contributed by atoms with Crippen LogP contribution in [-0.2, 0) is 0 Å². The Morgan fingerprint density at radius 3 is 1.76 bits per heavy atom. The molecule has 0 saturated carbocycles. The molecule has 9 aromatic carbocycles. The first-order valence-electron chi connectivity index (χ1n) is 18.3. The standard InChI is InChI=1S/C50H29NO2S/c1-3-12-34-30(10-1)24-28-38-37-16-7-15-36(48(37)53-49(34)38)32-22-26-33(27-23-32)51(42-18-9-21-45-47(42)39-14-5-6-20-44(39)54-45)41-17-8-19-43-46(41)40-29-25-31-11-2-4-13-35(31)50(40)52-43/h1-29H. The summed E-state index contributed by atoms with van der Waals surface area (Å²) in [6.45, 7) is 0. The quantitative estimate of drug-likeness (QED) is 0.182. The third-order valence-corrected chi connectivity index (χ3v) is 12.2. The van der Waals surface area contributed by atoms with Gasteiger partial charge in [0.2, 0.25) is 0 Å². The van der Waals surface area contributed by atoms with Crippen LogP contribution in [0.2, 0.25) is 0 Å². The highest BCUT2D eigenvalue weighted by Crippen LogP contribution is 2.49. The van der Waals surface area contributed by atoms with E-state index >= 15 is 0 Å². The lowest BCUT2D eigenvalue weighted by Crippen LogP contribution is -2.10. The van der Waals surface area contributed by atoms with E-state index in [1.807, 2.05) is 11.3 Å². The van der Waals surface area contributed by atoms with E-state index in [-0.39, 0.29) is 0 Å². The van der Waals surface area contributed by atoms with Crippen LogP contribution in [0.25, 0.3) is 96.7 Å². The molecule has 0 aliphatic heterocycles. The first-order valence-corrected chi connectivity index (χ1v) is 19.1. The third kappa shape index (κ3) is 4.23. The third-order valence-electron chi connectivity index (χ3n) is 11.1. The van der Waals surface area contributed by atoms with Gasteiger partial charge >= 0.3 is 0 Å². The van der Waals surface area contributed by atoms with Crippen LogP contribution in [0.4, 0.5) is 17.1 Å². The fourth-order valence-corrected chi connectivity index (χ4v) is 9.74. The SMILES string of the molecule is c1ccc2c(c1)ccc1c3cccc(-c4ccc(N(c5cccc6oc7c8ccccc8ccc7c56)c5cccc6sc7ccccc7c56)cc4)c3oc21. The van der Waals surface area contributed by atoms with Gasteiger partial charge in [-0.1, -0.05) is 121 Å². The zero-order valence-corrected chi connectivity index (χ0v) is 29.7. The second-order valence-corrected chi connectivity index (χ2v) is 15.1. The lowest BCUT2D eigenvalue weighted by molar-refractivity contribution is 0.672. The van der Waals surface area contributed by atoms with Gasteiger partial charge in [-0.15, -0.1) is 11.3 Å². The minimum Gasteiger partial charge on any atom is -0.455 e. The van der Waals surface area contributed by atoms with Crippen molar-refractivity contribution >= 4 is 114 Å². The lowest BCUT2D eigenvalue weighted by Gasteiger charge is -2.27. The lowest BCUT2D eigenvalue weighted by atomic mass is 10.00. The molecule has 4 heteroatoms. The van der Waals surface area contributed by atoms with E-state index in [2.05, 4.69) is 181 Å². The van der Waals surface area contributed by atoms with Gasteiger partial charge < -0.3 is 13.7 Å². The van der Waals surface area contributed by atoms with Crippen molar-refractivity contribution in [2.45, 2.75) is 0 Å². The molecule has 0 unspecified atom stereocenters. The number of hydrogen-bond acceptors (Lipinski definition) is 4. The van der Waals surface area contributed by atoms with Crippen LogP contribution in [0.5, 0.6) is 0 Å². The number of para-hydroxylation sites is 1. The van der Waals surface area contributed by atoms with Gasteiger partial charge in [0.05, 0.1) is 16.8 Å². The van der Waals surface area contributed by atoms with E-state index in [4.69, 9.17) is 8.83 Å². The fourth-order valence-electron chi connectivity index (χ4n) is 8.62. The molecule has 0 bridgehead atoms. The Morgan fingerprint density at radius 2 is 0.963 bits per heavy atom. The molecule has 54 heavy (non-hydrogen) atoms. The largest absolute Gasteiger partial charge is 0.455 e. The van der Waals surface area contributed by atoms with E-state index in [1.54, 1.807) is 0 Å². The Kier molecular flexibility index (Phi) is 6.21. The van der Waals surface area contributed by atoms with E-state index in [0.29, 0.717) is 0 Å². The van der Waals surface area contributed by atoms with Crippen LogP contribution in [0.3, 0.4) is 0 Å². The summed E-state index contributed by atoms with van der Waals surface area (Å²) in [7, 11) is 0. The van der Waals surface area contributed by atoms with Crippen molar-refractivity contribution in [3.63, 3.8) is 0 Å². The molecule has 0 radical (unpaired) electrons. The van der Waals surface area contributed by atoms with Crippen molar-refractivity contribution in [1.29, 1.82) is 0 Å². The van der Waals surface area contributed by atoms with Crippen LogP contribution < -0.4 is 4.90 Å². The van der Waals surface area contributed by atoms with Crippen molar-refractivity contribution in [2.75, 3.05) is 4.90 Å². The van der Waals surface area contributed by atoms with Crippen molar-refractivity contribution in [3.05, 3.63) is 176 Å². The second-order valence-electron chi connectivity index (χ2n) is 14.0. The Hall–Kier alpha value is -6.88. The molecule has 3 heterocycles. The van der Waals surface area contributed by atoms with Gasteiger partial charge in [-0.05, 0) is 70.9 Å². The van der Waals surface area contributed by atoms with Crippen molar-refractivity contribution in [2.24, 2.45) is 0 Å².